The molecule has 1 unspecified atom stereocenters. The van der Waals surface area contributed by atoms with E-state index in [4.69, 9.17) is 0 Å². The van der Waals surface area contributed by atoms with Crippen molar-refractivity contribution in [3.05, 3.63) is 64.7 Å². The van der Waals surface area contributed by atoms with Crippen LogP contribution < -0.4 is 10.6 Å². The molecular weight excluding hydrogens is 510 g/mol. The first-order chi connectivity index (χ1) is 14.3. The highest BCUT2D eigenvalue weighted by molar-refractivity contribution is 14.1. The summed E-state index contributed by atoms with van der Waals surface area (Å²) in [6.45, 7) is 3.39. The minimum absolute atomic E-state index is 0.147. The summed E-state index contributed by atoms with van der Waals surface area (Å²) in [5.74, 6) is 0. The number of piperazine rings is 1. The quantitative estimate of drug-likeness (QED) is 0.288. The zero-order chi connectivity index (χ0) is 21.3. The molecule has 0 bridgehead atoms. The van der Waals surface area contributed by atoms with Gasteiger partial charge in [0.1, 0.15) is 0 Å². The second kappa shape index (κ2) is 8.58. The maximum absolute atomic E-state index is 13.0. The fourth-order valence-corrected chi connectivity index (χ4v) is 4.71. The first kappa shape index (κ1) is 21.2. The Morgan fingerprint density at radius 1 is 1.10 bits per heavy atom. The molecule has 2 aromatic heterocycles. The van der Waals surface area contributed by atoms with Crippen molar-refractivity contribution in [3.8, 4) is 0 Å². The van der Waals surface area contributed by atoms with Gasteiger partial charge < -0.3 is 4.90 Å². The number of anilines is 1. The molecule has 30 heavy (non-hydrogen) atoms. The van der Waals surface area contributed by atoms with Crippen molar-refractivity contribution >= 4 is 33.9 Å². The number of fused-ring (bicyclic) bond motifs is 1. The molecule has 3 heterocycles. The van der Waals surface area contributed by atoms with Crippen molar-refractivity contribution < 1.29 is 13.2 Å². The highest BCUT2D eigenvalue weighted by Crippen LogP contribution is 2.32. The van der Waals surface area contributed by atoms with E-state index in [0.29, 0.717) is 31.0 Å². The number of aromatic nitrogens is 3. The van der Waals surface area contributed by atoms with Crippen LogP contribution in [0.2, 0.25) is 0 Å². The number of alkyl halides is 4. The minimum Gasteiger partial charge on any atom is -0.368 e. The number of nitrogens with zero attached hydrogens (tertiary/aromatic N) is 5. The first-order valence-corrected chi connectivity index (χ1v) is 10.9. The van der Waals surface area contributed by atoms with Crippen LogP contribution >= 0.6 is 22.6 Å². The van der Waals surface area contributed by atoms with E-state index in [-0.39, 0.29) is 9.74 Å². The normalized spacial score (nSPS) is 18.3. The van der Waals surface area contributed by atoms with Crippen LogP contribution in [0.1, 0.15) is 12.0 Å². The van der Waals surface area contributed by atoms with E-state index in [1.54, 1.807) is 24.4 Å². The summed E-state index contributed by atoms with van der Waals surface area (Å²) in [6, 6.07) is 10.9. The number of hydrogen-bond donors (Lipinski definition) is 0. The second-order valence-corrected chi connectivity index (χ2v) is 8.69. The summed E-state index contributed by atoms with van der Waals surface area (Å²) in [6.07, 6.45) is -1.86. The molecule has 0 N–H and O–H groups in total. The van der Waals surface area contributed by atoms with Gasteiger partial charge in [0, 0.05) is 44.6 Å². The van der Waals surface area contributed by atoms with E-state index in [1.807, 2.05) is 11.0 Å². The van der Waals surface area contributed by atoms with E-state index in [1.165, 1.54) is 21.2 Å². The molecule has 1 atom stereocenters. The van der Waals surface area contributed by atoms with Crippen molar-refractivity contribution in [2.75, 3.05) is 31.1 Å². The molecule has 4 rings (SSSR count). The van der Waals surface area contributed by atoms with Gasteiger partial charge in [-0.15, -0.1) is 5.10 Å². The average Bonchev–Trinajstić information content (AvgIpc) is 3.04. The first-order valence-electron chi connectivity index (χ1n) is 9.67. The molecule has 0 amide bonds. The van der Waals surface area contributed by atoms with Gasteiger partial charge in [-0.1, -0.05) is 34.7 Å². The predicted octanol–water partition coefficient (Wildman–Crippen LogP) is 3.49. The summed E-state index contributed by atoms with van der Waals surface area (Å²) in [4.78, 5) is 16.6. The van der Waals surface area contributed by atoms with E-state index in [9.17, 15) is 18.0 Å². The molecule has 10 heteroatoms. The Kier molecular flexibility index (Phi) is 6.05. The third-order valence-corrected chi connectivity index (χ3v) is 6.45. The third kappa shape index (κ3) is 4.48. The summed E-state index contributed by atoms with van der Waals surface area (Å²) < 4.78 is 42.1. The second-order valence-electron chi connectivity index (χ2n) is 7.25. The molecule has 1 aliphatic rings. The Bertz CT molecular complexity index is 1080. The lowest BCUT2D eigenvalue weighted by Gasteiger charge is -2.40. The Hall–Kier alpha value is -2.08. The van der Waals surface area contributed by atoms with Crippen LogP contribution in [0.4, 0.5) is 18.9 Å². The van der Waals surface area contributed by atoms with E-state index >= 15 is 0 Å². The summed E-state index contributed by atoms with van der Waals surface area (Å²) in [5.41, 5.74) is 0.461. The molecule has 0 saturated carbocycles. The Morgan fingerprint density at radius 3 is 2.67 bits per heavy atom. The molecule has 0 spiro atoms. The van der Waals surface area contributed by atoms with E-state index < -0.39 is 11.7 Å². The lowest BCUT2D eigenvalue weighted by molar-refractivity contribution is -0.137. The van der Waals surface area contributed by atoms with Crippen LogP contribution in [0, 0.1) is 0 Å². The van der Waals surface area contributed by atoms with Crippen molar-refractivity contribution in [2.45, 2.75) is 23.2 Å². The molecule has 0 radical (unpaired) electrons. The van der Waals surface area contributed by atoms with Crippen LogP contribution in [-0.4, -0.2) is 49.3 Å². The van der Waals surface area contributed by atoms with Crippen LogP contribution in [0.5, 0.6) is 0 Å². The Balaban J connectivity index is 1.34. The lowest BCUT2D eigenvalue weighted by Crippen LogP contribution is -2.51. The SMILES string of the molecule is O=c1n(CCCN2CCN(c3cccc(C(F)(F)F)c3)CC2I)nc2ccccn12. The van der Waals surface area contributed by atoms with Gasteiger partial charge in [-0.2, -0.15) is 13.2 Å². The smallest absolute Gasteiger partial charge is 0.368 e. The molecule has 6 nitrogen and oxygen atoms in total. The number of aryl methyl sites for hydroxylation is 1. The zero-order valence-corrected chi connectivity index (χ0v) is 18.3. The minimum atomic E-state index is -4.34. The average molecular weight is 531 g/mol. The van der Waals surface area contributed by atoms with Gasteiger partial charge in [-0.25, -0.2) is 9.48 Å². The van der Waals surface area contributed by atoms with Crippen molar-refractivity contribution in [1.29, 1.82) is 0 Å². The van der Waals surface area contributed by atoms with Crippen molar-refractivity contribution in [1.82, 2.24) is 19.1 Å². The molecule has 0 aliphatic carbocycles. The van der Waals surface area contributed by atoms with Gasteiger partial charge in [0.25, 0.3) is 0 Å². The highest BCUT2D eigenvalue weighted by atomic mass is 127. The standard InChI is InChI=1S/C20H21F3IN5O/c21-20(22,23)15-5-3-6-16(13-15)27-12-11-26(17(24)14-27)8-4-10-29-19(30)28-9-2-1-7-18(28)25-29/h1-3,5-7,9,13,17H,4,8,10-12,14H2. The highest BCUT2D eigenvalue weighted by Gasteiger charge is 2.31. The molecule has 1 fully saturated rings. The van der Waals surface area contributed by atoms with Crippen LogP contribution in [0.15, 0.2) is 53.5 Å². The van der Waals surface area contributed by atoms with Crippen LogP contribution in [-0.2, 0) is 12.7 Å². The number of pyridine rings is 1. The maximum Gasteiger partial charge on any atom is 0.416 e. The Morgan fingerprint density at radius 2 is 1.93 bits per heavy atom. The molecule has 1 aromatic carbocycles. The van der Waals surface area contributed by atoms with Gasteiger partial charge in [0.05, 0.1) is 9.61 Å². The topological polar surface area (TPSA) is 45.8 Å². The number of benzene rings is 1. The van der Waals surface area contributed by atoms with E-state index in [0.717, 1.165) is 25.6 Å². The Labute approximate surface area is 185 Å². The largest absolute Gasteiger partial charge is 0.416 e. The molecule has 160 valence electrons. The molecule has 1 saturated heterocycles. The maximum atomic E-state index is 13.0. The summed E-state index contributed by atoms with van der Waals surface area (Å²) >= 11 is 2.33. The number of hydrogen-bond acceptors (Lipinski definition) is 4. The van der Waals surface area contributed by atoms with Gasteiger partial charge >= 0.3 is 11.9 Å². The fourth-order valence-electron chi connectivity index (χ4n) is 3.68. The van der Waals surface area contributed by atoms with Crippen LogP contribution in [0.25, 0.3) is 5.65 Å². The van der Waals surface area contributed by atoms with Gasteiger partial charge in [-0.05, 0) is 36.8 Å². The van der Waals surface area contributed by atoms with E-state index in [2.05, 4.69) is 32.6 Å². The number of rotatable bonds is 5. The van der Waals surface area contributed by atoms with Crippen molar-refractivity contribution in [3.63, 3.8) is 0 Å². The van der Waals surface area contributed by atoms with Gasteiger partial charge in [0.15, 0.2) is 5.65 Å². The van der Waals surface area contributed by atoms with Gasteiger partial charge in [-0.3, -0.25) is 9.30 Å². The predicted molar refractivity (Wildman–Crippen MR) is 117 cm³/mol. The fraction of sp³-hybridized carbons (Fsp3) is 0.400. The van der Waals surface area contributed by atoms with Gasteiger partial charge in [0.2, 0.25) is 0 Å². The van der Waals surface area contributed by atoms with Crippen molar-refractivity contribution in [2.24, 2.45) is 0 Å². The summed E-state index contributed by atoms with van der Waals surface area (Å²) in [5, 5.41) is 4.34. The molecular formula is C20H21F3IN5O. The third-order valence-electron chi connectivity index (χ3n) is 5.27. The monoisotopic (exact) mass is 531 g/mol. The zero-order valence-electron chi connectivity index (χ0n) is 16.1. The lowest BCUT2D eigenvalue weighted by atomic mass is 10.1. The molecule has 1 aliphatic heterocycles. The number of halogens is 4. The molecule has 3 aromatic rings. The van der Waals surface area contributed by atoms with Crippen LogP contribution in [0.3, 0.4) is 0 Å². The summed E-state index contributed by atoms with van der Waals surface area (Å²) in [7, 11) is 0.